The highest BCUT2D eigenvalue weighted by atomic mass is 79.9. The third-order valence-corrected chi connectivity index (χ3v) is 3.31. The lowest BCUT2D eigenvalue weighted by Gasteiger charge is -2.13. The van der Waals surface area contributed by atoms with E-state index in [4.69, 9.17) is 17.3 Å². The first-order valence-electron chi connectivity index (χ1n) is 5.62. The van der Waals surface area contributed by atoms with Gasteiger partial charge in [0.05, 0.1) is 15.8 Å². The number of rotatable bonds is 3. The van der Waals surface area contributed by atoms with Crippen LogP contribution in [0.4, 0.5) is 30.2 Å². The van der Waals surface area contributed by atoms with Crippen LogP contribution in [0.2, 0.25) is 5.02 Å². The second-order valence-corrected chi connectivity index (χ2v) is 5.34. The highest BCUT2D eigenvalue weighted by Gasteiger charge is 2.31. The molecule has 0 fully saturated rings. The number of alkyl halides is 3. The van der Waals surface area contributed by atoms with Crippen LogP contribution < -0.4 is 15.8 Å². The maximum atomic E-state index is 12.2. The minimum atomic E-state index is -4.74. The second kappa shape index (κ2) is 6.03. The molecule has 0 aromatic heterocycles. The SMILES string of the molecule is Nc1ccc(Cl)cc1Nc1ccc(OC(F)(F)F)c(Br)c1. The number of nitrogens with one attached hydrogen (secondary N) is 1. The molecule has 2 rings (SSSR count). The number of anilines is 3. The number of halogens is 5. The average molecular weight is 382 g/mol. The van der Waals surface area contributed by atoms with Gasteiger partial charge >= 0.3 is 6.36 Å². The lowest BCUT2D eigenvalue weighted by atomic mass is 10.2. The van der Waals surface area contributed by atoms with Crippen molar-refractivity contribution >= 4 is 44.6 Å². The Hall–Kier alpha value is -1.60. The number of nitrogens with two attached hydrogens (primary N) is 1. The van der Waals surface area contributed by atoms with Gasteiger partial charge in [-0.15, -0.1) is 13.2 Å². The van der Waals surface area contributed by atoms with Crippen LogP contribution in [-0.4, -0.2) is 6.36 Å². The van der Waals surface area contributed by atoms with Gasteiger partial charge in [0.1, 0.15) is 5.75 Å². The molecule has 0 bridgehead atoms. The van der Waals surface area contributed by atoms with Crippen LogP contribution in [0.5, 0.6) is 5.75 Å². The zero-order valence-corrected chi connectivity index (χ0v) is 12.7. The van der Waals surface area contributed by atoms with E-state index in [1.165, 1.54) is 18.2 Å². The smallest absolute Gasteiger partial charge is 0.405 e. The maximum absolute atomic E-state index is 12.2. The van der Waals surface area contributed by atoms with E-state index >= 15 is 0 Å². The van der Waals surface area contributed by atoms with Crippen molar-refractivity contribution in [1.29, 1.82) is 0 Å². The van der Waals surface area contributed by atoms with Crippen molar-refractivity contribution < 1.29 is 17.9 Å². The zero-order valence-electron chi connectivity index (χ0n) is 10.3. The number of hydrogen-bond acceptors (Lipinski definition) is 3. The van der Waals surface area contributed by atoms with Crippen LogP contribution in [0.3, 0.4) is 0 Å². The highest BCUT2D eigenvalue weighted by molar-refractivity contribution is 9.10. The van der Waals surface area contributed by atoms with E-state index in [-0.39, 0.29) is 10.2 Å². The van der Waals surface area contributed by atoms with Gasteiger partial charge < -0.3 is 15.8 Å². The third-order valence-electron chi connectivity index (χ3n) is 2.45. The Kier molecular flexibility index (Phi) is 4.53. The van der Waals surface area contributed by atoms with Crippen LogP contribution in [0.1, 0.15) is 0 Å². The van der Waals surface area contributed by atoms with Crippen molar-refractivity contribution in [2.45, 2.75) is 6.36 Å². The Morgan fingerprint density at radius 1 is 1.14 bits per heavy atom. The number of ether oxygens (including phenoxy) is 1. The van der Waals surface area contributed by atoms with Crippen LogP contribution in [0.25, 0.3) is 0 Å². The van der Waals surface area contributed by atoms with Crippen molar-refractivity contribution in [1.82, 2.24) is 0 Å². The quantitative estimate of drug-likeness (QED) is 0.707. The van der Waals surface area contributed by atoms with Crippen LogP contribution in [-0.2, 0) is 0 Å². The largest absolute Gasteiger partial charge is 0.573 e. The average Bonchev–Trinajstić information content (AvgIpc) is 2.36. The summed E-state index contributed by atoms with van der Waals surface area (Å²) in [5, 5.41) is 3.46. The molecule has 0 aliphatic carbocycles. The number of nitrogen functional groups attached to an aromatic ring is 1. The Morgan fingerprint density at radius 3 is 2.48 bits per heavy atom. The topological polar surface area (TPSA) is 47.3 Å². The second-order valence-electron chi connectivity index (χ2n) is 4.05. The van der Waals surface area contributed by atoms with Gasteiger partial charge in [-0.05, 0) is 52.3 Å². The molecule has 0 radical (unpaired) electrons. The predicted octanol–water partition coefficient (Wildman–Crippen LogP) is 5.33. The summed E-state index contributed by atoms with van der Waals surface area (Å²) in [5.74, 6) is -0.327. The van der Waals surface area contributed by atoms with Crippen molar-refractivity contribution in [2.75, 3.05) is 11.1 Å². The molecule has 2 aromatic rings. The zero-order chi connectivity index (χ0) is 15.6. The fourth-order valence-corrected chi connectivity index (χ4v) is 2.21. The Bertz CT molecular complexity index is 664. The summed E-state index contributed by atoms with van der Waals surface area (Å²) in [6.07, 6.45) is -4.74. The summed E-state index contributed by atoms with van der Waals surface area (Å²) in [5.41, 5.74) is 7.33. The molecule has 2 aromatic carbocycles. The highest BCUT2D eigenvalue weighted by Crippen LogP contribution is 2.34. The van der Waals surface area contributed by atoms with Gasteiger partial charge in [0.25, 0.3) is 0 Å². The Labute approximate surface area is 132 Å². The fraction of sp³-hybridized carbons (Fsp3) is 0.0769. The lowest BCUT2D eigenvalue weighted by molar-refractivity contribution is -0.274. The lowest BCUT2D eigenvalue weighted by Crippen LogP contribution is -2.17. The fourth-order valence-electron chi connectivity index (χ4n) is 1.58. The minimum Gasteiger partial charge on any atom is -0.405 e. The third kappa shape index (κ3) is 4.44. The van der Waals surface area contributed by atoms with Gasteiger partial charge in [0.15, 0.2) is 0 Å². The molecule has 0 aliphatic heterocycles. The van der Waals surface area contributed by atoms with E-state index in [2.05, 4.69) is 26.0 Å². The monoisotopic (exact) mass is 380 g/mol. The standard InChI is InChI=1S/C13H9BrClF3N2O/c14-9-6-8(2-4-12(9)21-13(16,17)18)20-11-5-7(15)1-3-10(11)19/h1-6,20H,19H2. The molecule has 0 heterocycles. The summed E-state index contributed by atoms with van der Waals surface area (Å²) in [4.78, 5) is 0. The predicted molar refractivity (Wildman–Crippen MR) is 80.0 cm³/mol. The van der Waals surface area contributed by atoms with Gasteiger partial charge in [0, 0.05) is 10.7 Å². The summed E-state index contributed by atoms with van der Waals surface area (Å²) < 4.78 is 40.5. The summed E-state index contributed by atoms with van der Waals surface area (Å²) >= 11 is 8.89. The molecule has 0 saturated heterocycles. The van der Waals surface area contributed by atoms with Gasteiger partial charge in [-0.1, -0.05) is 11.6 Å². The molecule has 0 amide bonds. The normalized spacial score (nSPS) is 11.3. The molecule has 3 N–H and O–H groups in total. The molecule has 8 heteroatoms. The minimum absolute atomic E-state index is 0.158. The van der Waals surface area contributed by atoms with E-state index in [1.807, 2.05) is 0 Å². The van der Waals surface area contributed by atoms with E-state index in [0.717, 1.165) is 0 Å². The molecule has 0 unspecified atom stereocenters. The first kappa shape index (κ1) is 15.8. The molecular weight excluding hydrogens is 373 g/mol. The number of hydrogen-bond donors (Lipinski definition) is 2. The van der Waals surface area contributed by atoms with Crippen molar-refractivity contribution in [3.63, 3.8) is 0 Å². The molecule has 0 aliphatic rings. The maximum Gasteiger partial charge on any atom is 0.573 e. The van der Waals surface area contributed by atoms with Gasteiger partial charge in [-0.3, -0.25) is 0 Å². The van der Waals surface area contributed by atoms with E-state index in [1.54, 1.807) is 18.2 Å². The van der Waals surface area contributed by atoms with Crippen LogP contribution >= 0.6 is 27.5 Å². The van der Waals surface area contributed by atoms with E-state index in [9.17, 15) is 13.2 Å². The van der Waals surface area contributed by atoms with Crippen LogP contribution in [0, 0.1) is 0 Å². The van der Waals surface area contributed by atoms with Gasteiger partial charge in [-0.2, -0.15) is 0 Å². The van der Waals surface area contributed by atoms with Crippen LogP contribution in [0.15, 0.2) is 40.9 Å². The van der Waals surface area contributed by atoms with E-state index in [0.29, 0.717) is 22.1 Å². The molecule has 0 atom stereocenters. The first-order valence-corrected chi connectivity index (χ1v) is 6.79. The number of benzene rings is 2. The Morgan fingerprint density at radius 2 is 1.86 bits per heavy atom. The van der Waals surface area contributed by atoms with Crippen molar-refractivity contribution in [3.8, 4) is 5.75 Å². The molecule has 0 spiro atoms. The molecular formula is C13H9BrClF3N2O. The molecule has 3 nitrogen and oxygen atoms in total. The molecule has 21 heavy (non-hydrogen) atoms. The molecule has 112 valence electrons. The van der Waals surface area contributed by atoms with Crippen molar-refractivity contribution in [3.05, 3.63) is 45.9 Å². The van der Waals surface area contributed by atoms with E-state index < -0.39 is 6.36 Å². The van der Waals surface area contributed by atoms with Crippen molar-refractivity contribution in [2.24, 2.45) is 0 Å². The summed E-state index contributed by atoms with van der Waals surface area (Å²) in [6.45, 7) is 0. The molecule has 0 saturated carbocycles. The van der Waals surface area contributed by atoms with Gasteiger partial charge in [0.2, 0.25) is 0 Å². The summed E-state index contributed by atoms with van der Waals surface area (Å²) in [6, 6.07) is 8.96. The Balaban J connectivity index is 2.22. The summed E-state index contributed by atoms with van der Waals surface area (Å²) in [7, 11) is 0. The van der Waals surface area contributed by atoms with Gasteiger partial charge in [-0.25, -0.2) is 0 Å². The first-order chi connectivity index (χ1) is 9.74.